The fourth-order valence-electron chi connectivity index (χ4n) is 3.99. The van der Waals surface area contributed by atoms with Gasteiger partial charge in [0.05, 0.1) is 34.6 Å². The minimum Gasteiger partial charge on any atom is -0.486 e. The molecule has 4 rings (SSSR count). The van der Waals surface area contributed by atoms with Gasteiger partial charge in [0.2, 0.25) is 0 Å². The van der Waals surface area contributed by atoms with Gasteiger partial charge < -0.3 is 4.74 Å². The Bertz CT molecular complexity index is 1440. The molecule has 0 N–H and O–H groups in total. The van der Waals surface area contributed by atoms with E-state index in [2.05, 4.69) is 0 Å². The smallest absolute Gasteiger partial charge is 0.264 e. The third-order valence-corrected chi connectivity index (χ3v) is 7.91. The summed E-state index contributed by atoms with van der Waals surface area (Å²) >= 11 is 6.18. The van der Waals surface area contributed by atoms with E-state index in [1.165, 1.54) is 22.5 Å². The Morgan fingerprint density at radius 2 is 1.97 bits per heavy atom. The molecule has 0 fully saturated rings. The minimum absolute atomic E-state index is 0.0244. The van der Waals surface area contributed by atoms with Gasteiger partial charge in [-0.2, -0.15) is 5.26 Å². The van der Waals surface area contributed by atoms with Crippen molar-refractivity contribution in [3.63, 3.8) is 0 Å². The number of anilines is 1. The first kappa shape index (κ1) is 24.7. The van der Waals surface area contributed by atoms with E-state index >= 15 is 0 Å². The molecule has 180 valence electrons. The summed E-state index contributed by atoms with van der Waals surface area (Å²) in [7, 11) is -3.99. The quantitative estimate of drug-likeness (QED) is 0.407. The van der Waals surface area contributed by atoms with Crippen LogP contribution in [0.1, 0.15) is 24.8 Å². The summed E-state index contributed by atoms with van der Waals surface area (Å²) in [5, 5.41) is 8.67. The van der Waals surface area contributed by atoms with Crippen LogP contribution in [0.4, 0.5) is 10.1 Å². The van der Waals surface area contributed by atoms with E-state index in [0.29, 0.717) is 22.6 Å². The van der Waals surface area contributed by atoms with E-state index in [1.54, 1.807) is 49.4 Å². The molecule has 0 spiro atoms. The summed E-state index contributed by atoms with van der Waals surface area (Å²) in [5.41, 5.74) is 2.04. The van der Waals surface area contributed by atoms with Crippen LogP contribution < -0.4 is 9.04 Å². The Labute approximate surface area is 208 Å². The van der Waals surface area contributed by atoms with Crippen LogP contribution in [-0.4, -0.2) is 26.8 Å². The van der Waals surface area contributed by atoms with Crippen molar-refractivity contribution in [2.75, 3.05) is 10.8 Å². The summed E-state index contributed by atoms with van der Waals surface area (Å²) in [5.74, 6) is -0.489. The number of sulfonamides is 1. The highest BCUT2D eigenvalue weighted by atomic mass is 35.5. The summed E-state index contributed by atoms with van der Waals surface area (Å²) in [6.07, 6.45) is -0.430. The number of Topliss-reactive ketones (excluding diaryl/α,β-unsaturated/α-hetero) is 1. The molecule has 1 heterocycles. The van der Waals surface area contributed by atoms with Crippen molar-refractivity contribution in [2.24, 2.45) is 0 Å². The maximum atomic E-state index is 14.1. The number of fused-ring (bicyclic) bond motifs is 1. The summed E-state index contributed by atoms with van der Waals surface area (Å²) < 4.78 is 48.8. The first-order valence-corrected chi connectivity index (χ1v) is 12.8. The first-order valence-electron chi connectivity index (χ1n) is 10.9. The van der Waals surface area contributed by atoms with Gasteiger partial charge in [0.1, 0.15) is 23.5 Å². The molecule has 3 aromatic rings. The van der Waals surface area contributed by atoms with E-state index in [0.717, 1.165) is 5.56 Å². The van der Waals surface area contributed by atoms with Gasteiger partial charge >= 0.3 is 0 Å². The van der Waals surface area contributed by atoms with Gasteiger partial charge in [0.25, 0.3) is 10.0 Å². The number of nitriles is 1. The Hall–Kier alpha value is -3.41. The maximum absolute atomic E-state index is 14.1. The number of hydrogen-bond donors (Lipinski definition) is 0. The summed E-state index contributed by atoms with van der Waals surface area (Å²) in [4.78, 5) is 12.0. The van der Waals surface area contributed by atoms with Gasteiger partial charge in [-0.05, 0) is 54.8 Å². The van der Waals surface area contributed by atoms with Crippen LogP contribution in [0.15, 0.2) is 65.6 Å². The van der Waals surface area contributed by atoms with Crippen molar-refractivity contribution in [3.8, 4) is 22.9 Å². The zero-order valence-corrected chi connectivity index (χ0v) is 20.4. The first-order chi connectivity index (χ1) is 16.7. The number of benzene rings is 3. The van der Waals surface area contributed by atoms with E-state index < -0.39 is 21.9 Å². The highest BCUT2D eigenvalue weighted by molar-refractivity contribution is 7.92. The van der Waals surface area contributed by atoms with E-state index in [1.807, 2.05) is 6.07 Å². The number of halogens is 2. The molecule has 0 aliphatic carbocycles. The van der Waals surface area contributed by atoms with Gasteiger partial charge in [0.15, 0.2) is 0 Å². The average molecular weight is 513 g/mol. The topological polar surface area (TPSA) is 87.5 Å². The number of carbonyl (C=O) groups is 1. The minimum atomic E-state index is -3.99. The average Bonchev–Trinajstić information content (AvgIpc) is 2.84. The molecule has 6 nitrogen and oxygen atoms in total. The second kappa shape index (κ2) is 10.1. The van der Waals surface area contributed by atoms with Crippen LogP contribution in [0.5, 0.6) is 5.75 Å². The molecule has 0 amide bonds. The predicted octanol–water partition coefficient (Wildman–Crippen LogP) is 5.67. The highest BCUT2D eigenvalue weighted by Gasteiger charge is 2.35. The molecule has 35 heavy (non-hydrogen) atoms. The molecule has 9 heteroatoms. The number of carbonyl (C=O) groups excluding carboxylic acids is 1. The Morgan fingerprint density at radius 3 is 2.71 bits per heavy atom. The van der Waals surface area contributed by atoms with E-state index in [9.17, 15) is 17.6 Å². The monoisotopic (exact) mass is 512 g/mol. The molecule has 0 aromatic heterocycles. The molecule has 0 unspecified atom stereocenters. The van der Waals surface area contributed by atoms with E-state index in [4.69, 9.17) is 21.6 Å². The van der Waals surface area contributed by atoms with Gasteiger partial charge in [-0.3, -0.25) is 9.10 Å². The number of ketones is 1. The molecule has 1 aliphatic rings. The number of nitrogens with zero attached hydrogens (tertiary/aromatic N) is 2. The lowest BCUT2D eigenvalue weighted by Gasteiger charge is -2.36. The second-order valence-electron chi connectivity index (χ2n) is 8.29. The second-order valence-corrected chi connectivity index (χ2v) is 10.5. The van der Waals surface area contributed by atoms with Crippen LogP contribution >= 0.6 is 11.6 Å². The third kappa shape index (κ3) is 5.16. The van der Waals surface area contributed by atoms with Crippen LogP contribution in [0.25, 0.3) is 11.1 Å². The standard InChI is InChI=1S/C26H22ClFN2O4S/c1-17-4-2-5-21(14-17)35(32,33)30-16-20(10-9-19(31)12-13-29)34-25-11-8-18(15-24(25)30)22-6-3-7-23(28)26(22)27/h2-8,11,14-15,20H,9-10,12,16H2,1H3/t20-/m0/s1. The molecule has 1 atom stereocenters. The largest absolute Gasteiger partial charge is 0.486 e. The lowest BCUT2D eigenvalue weighted by atomic mass is 10.0. The van der Waals surface area contributed by atoms with Crippen molar-refractivity contribution in [2.45, 2.75) is 37.2 Å². The predicted molar refractivity (Wildman–Crippen MR) is 131 cm³/mol. The SMILES string of the molecule is Cc1cccc(S(=O)(=O)N2C[C@H](CCC(=O)CC#N)Oc3ccc(-c4cccc(F)c4Cl)cc32)c1. The van der Waals surface area contributed by atoms with Gasteiger partial charge in [-0.25, -0.2) is 12.8 Å². The lowest BCUT2D eigenvalue weighted by molar-refractivity contribution is -0.118. The Balaban J connectivity index is 1.78. The van der Waals surface area contributed by atoms with Crippen LogP contribution in [0.2, 0.25) is 5.02 Å². The van der Waals surface area contributed by atoms with Crippen molar-refractivity contribution >= 4 is 33.1 Å². The van der Waals surface area contributed by atoms with Gasteiger partial charge in [-0.1, -0.05) is 41.9 Å². The molecule has 0 saturated carbocycles. The highest BCUT2D eigenvalue weighted by Crippen LogP contribution is 2.42. The number of rotatable bonds is 7. The Kier molecular flexibility index (Phi) is 7.10. The van der Waals surface area contributed by atoms with E-state index in [-0.39, 0.29) is 41.5 Å². The normalized spacial score (nSPS) is 15.1. The van der Waals surface area contributed by atoms with Crippen molar-refractivity contribution in [3.05, 3.63) is 77.1 Å². The summed E-state index contributed by atoms with van der Waals surface area (Å²) in [6, 6.07) is 17.8. The number of aryl methyl sites for hydroxylation is 1. The maximum Gasteiger partial charge on any atom is 0.264 e. The summed E-state index contributed by atoms with van der Waals surface area (Å²) in [6.45, 7) is 1.78. The molecule has 3 aromatic carbocycles. The van der Waals surface area contributed by atoms with Gasteiger partial charge in [-0.15, -0.1) is 0 Å². The Morgan fingerprint density at radius 1 is 1.20 bits per heavy atom. The zero-order valence-electron chi connectivity index (χ0n) is 18.9. The number of hydrogen-bond acceptors (Lipinski definition) is 5. The lowest BCUT2D eigenvalue weighted by Crippen LogP contribution is -2.43. The van der Waals surface area contributed by atoms with Crippen LogP contribution in [0, 0.1) is 24.1 Å². The fourth-order valence-corrected chi connectivity index (χ4v) is 5.82. The van der Waals surface area contributed by atoms with Crippen molar-refractivity contribution in [1.82, 2.24) is 0 Å². The van der Waals surface area contributed by atoms with Crippen molar-refractivity contribution in [1.29, 1.82) is 5.26 Å². The third-order valence-electron chi connectivity index (χ3n) is 5.75. The fraction of sp³-hybridized carbons (Fsp3) is 0.231. The number of ether oxygens (including phenoxy) is 1. The molecule has 1 aliphatic heterocycles. The van der Waals surface area contributed by atoms with Crippen molar-refractivity contribution < 1.29 is 22.3 Å². The van der Waals surface area contributed by atoms with Crippen LogP contribution in [0.3, 0.4) is 0 Å². The van der Waals surface area contributed by atoms with Crippen LogP contribution in [-0.2, 0) is 14.8 Å². The molecular formula is C26H22ClFN2O4S. The zero-order chi connectivity index (χ0) is 25.2. The van der Waals surface area contributed by atoms with Gasteiger partial charge in [0, 0.05) is 12.0 Å². The molecular weight excluding hydrogens is 491 g/mol. The molecule has 0 radical (unpaired) electrons. The molecule has 0 bridgehead atoms. The molecule has 0 saturated heterocycles.